The van der Waals surface area contributed by atoms with Crippen LogP contribution in [0.2, 0.25) is 0 Å². The lowest BCUT2D eigenvalue weighted by atomic mass is 10.1. The molecule has 19 heavy (non-hydrogen) atoms. The zero-order chi connectivity index (χ0) is 14.8. The maximum Gasteiger partial charge on any atom is 0.356 e. The molecular formula is C9H10F2IN3O4. The molecule has 1 rings (SSSR count). The molecule has 0 saturated carbocycles. The van der Waals surface area contributed by atoms with E-state index in [1.807, 2.05) is 0 Å². The summed E-state index contributed by atoms with van der Waals surface area (Å²) in [6.07, 6.45) is -2.22. The molecule has 0 aliphatic carbocycles. The van der Waals surface area contributed by atoms with E-state index in [-0.39, 0.29) is 14.0 Å². The maximum absolute atomic E-state index is 13.5. The van der Waals surface area contributed by atoms with Crippen LogP contribution < -0.4 is 11.4 Å². The molecular weight excluding hydrogens is 379 g/mol. The lowest BCUT2D eigenvalue weighted by Crippen LogP contribution is -2.43. The van der Waals surface area contributed by atoms with E-state index < -0.39 is 36.7 Å². The molecule has 0 saturated heterocycles. The van der Waals surface area contributed by atoms with E-state index in [4.69, 9.17) is 15.9 Å². The summed E-state index contributed by atoms with van der Waals surface area (Å²) in [6.45, 7) is -0.921. The van der Waals surface area contributed by atoms with Crippen LogP contribution >= 0.6 is 22.6 Å². The van der Waals surface area contributed by atoms with Crippen LogP contribution in [0.5, 0.6) is 0 Å². The summed E-state index contributed by atoms with van der Waals surface area (Å²) in [5.41, 5.74) is 4.06. The van der Waals surface area contributed by atoms with Crippen molar-refractivity contribution in [2.24, 2.45) is 0 Å². The number of nitrogen functional groups attached to an aromatic ring is 1. The second kappa shape index (κ2) is 5.88. The Hall–Kier alpha value is -1.14. The zero-order valence-electron chi connectivity index (χ0n) is 9.39. The van der Waals surface area contributed by atoms with Crippen LogP contribution in [0.15, 0.2) is 11.0 Å². The number of nitrogens with zero attached hydrogens (tertiary/aromatic N) is 2. The van der Waals surface area contributed by atoms with Crippen LogP contribution in [0.25, 0.3) is 0 Å². The fourth-order valence-electron chi connectivity index (χ4n) is 1.21. The molecule has 0 aliphatic heterocycles. The van der Waals surface area contributed by atoms with Gasteiger partial charge in [0.15, 0.2) is 0 Å². The highest BCUT2D eigenvalue weighted by molar-refractivity contribution is 14.1. The van der Waals surface area contributed by atoms with E-state index in [9.17, 15) is 18.4 Å². The Balaban J connectivity index is 3.13. The first kappa shape index (κ1) is 15.9. The zero-order valence-corrected chi connectivity index (χ0v) is 11.5. The molecule has 4 N–H and O–H groups in total. The standard InChI is InChI=1S/C9H10F2IN3O4/c10-9(11,1-4(17)3-16)7(18)15-2-5(12)6(13)14-8(15)19/h2,4,16-17H,1,3H2,(H2,13,14,19)/t4-/m0/s1. The van der Waals surface area contributed by atoms with Crippen molar-refractivity contribution in [3.05, 3.63) is 20.3 Å². The normalized spacial score (nSPS) is 13.3. The quantitative estimate of drug-likeness (QED) is 0.595. The van der Waals surface area contributed by atoms with E-state index in [1.165, 1.54) is 0 Å². The summed E-state index contributed by atoms with van der Waals surface area (Å²) in [5.74, 6) is -6.02. The molecule has 0 radical (unpaired) electrons. The number of hydrogen-bond acceptors (Lipinski definition) is 6. The van der Waals surface area contributed by atoms with Crippen LogP contribution in [-0.2, 0) is 0 Å². The third-order valence-electron chi connectivity index (χ3n) is 2.14. The molecule has 0 fully saturated rings. The number of rotatable bonds is 4. The highest BCUT2D eigenvalue weighted by Crippen LogP contribution is 2.22. The number of alkyl halides is 2. The van der Waals surface area contributed by atoms with E-state index in [1.54, 1.807) is 22.6 Å². The molecule has 0 bridgehead atoms. The monoisotopic (exact) mass is 389 g/mol. The van der Waals surface area contributed by atoms with Crippen molar-refractivity contribution in [3.8, 4) is 0 Å². The van der Waals surface area contributed by atoms with E-state index >= 15 is 0 Å². The third-order valence-corrected chi connectivity index (χ3v) is 2.97. The van der Waals surface area contributed by atoms with Gasteiger partial charge in [0.25, 0.3) is 0 Å². The van der Waals surface area contributed by atoms with E-state index in [0.29, 0.717) is 0 Å². The van der Waals surface area contributed by atoms with Gasteiger partial charge in [0, 0.05) is 12.6 Å². The highest BCUT2D eigenvalue weighted by atomic mass is 127. The van der Waals surface area contributed by atoms with E-state index in [2.05, 4.69) is 4.98 Å². The average Bonchev–Trinajstić information content (AvgIpc) is 2.32. The van der Waals surface area contributed by atoms with Gasteiger partial charge in [0.2, 0.25) is 0 Å². The fraction of sp³-hybridized carbons (Fsp3) is 0.444. The number of hydrogen-bond donors (Lipinski definition) is 3. The van der Waals surface area contributed by atoms with Crippen molar-refractivity contribution in [1.82, 2.24) is 9.55 Å². The number of aromatic nitrogens is 2. The first-order valence-electron chi connectivity index (χ1n) is 4.95. The predicted octanol–water partition coefficient (Wildman–Crippen LogP) is -0.551. The summed E-state index contributed by atoms with van der Waals surface area (Å²) >= 11 is 1.63. The molecule has 1 aromatic rings. The van der Waals surface area contributed by atoms with Gasteiger partial charge in [-0.3, -0.25) is 4.79 Å². The molecule has 1 atom stereocenters. The Morgan fingerprint density at radius 3 is 2.74 bits per heavy atom. The van der Waals surface area contributed by atoms with Gasteiger partial charge in [0.1, 0.15) is 5.82 Å². The first-order valence-corrected chi connectivity index (χ1v) is 6.03. The Morgan fingerprint density at radius 1 is 1.63 bits per heavy atom. The van der Waals surface area contributed by atoms with Gasteiger partial charge in [-0.05, 0) is 22.6 Å². The SMILES string of the molecule is Nc1nc(=O)n(C(=O)C(F)(F)C[C@H](O)CO)cc1I. The van der Waals surface area contributed by atoms with Gasteiger partial charge >= 0.3 is 17.5 Å². The number of aliphatic hydroxyl groups is 2. The fourth-order valence-corrected chi connectivity index (χ4v) is 1.61. The Labute approximate surface area is 119 Å². The largest absolute Gasteiger partial charge is 0.394 e. The topological polar surface area (TPSA) is 118 Å². The molecule has 0 aliphatic rings. The first-order chi connectivity index (χ1) is 8.69. The van der Waals surface area contributed by atoms with Crippen molar-refractivity contribution in [2.75, 3.05) is 12.3 Å². The number of carbonyl (C=O) groups excluding carboxylic acids is 1. The Morgan fingerprint density at radius 2 is 2.21 bits per heavy atom. The summed E-state index contributed by atoms with van der Waals surface area (Å²) in [6, 6.07) is 0. The van der Waals surface area contributed by atoms with Gasteiger partial charge in [-0.15, -0.1) is 0 Å². The number of halogens is 3. The Bertz CT molecular complexity index is 549. The predicted molar refractivity (Wildman–Crippen MR) is 68.9 cm³/mol. The number of aliphatic hydroxyl groups excluding tert-OH is 2. The van der Waals surface area contributed by atoms with Crippen LogP contribution in [0.4, 0.5) is 14.6 Å². The minimum atomic E-state index is -4.01. The minimum absolute atomic E-state index is 0.127. The summed E-state index contributed by atoms with van der Waals surface area (Å²) < 4.78 is 27.3. The second-order valence-corrected chi connectivity index (χ2v) is 4.84. The van der Waals surface area contributed by atoms with Crippen LogP contribution in [-0.4, -0.2) is 44.3 Å². The Kier molecular flexibility index (Phi) is 4.92. The van der Waals surface area contributed by atoms with Crippen molar-refractivity contribution < 1.29 is 23.8 Å². The highest BCUT2D eigenvalue weighted by Gasteiger charge is 2.42. The van der Waals surface area contributed by atoms with Crippen LogP contribution in [0.1, 0.15) is 11.2 Å². The van der Waals surface area contributed by atoms with Gasteiger partial charge in [0.05, 0.1) is 16.3 Å². The van der Waals surface area contributed by atoms with Gasteiger partial charge in [-0.2, -0.15) is 13.8 Å². The molecule has 0 aromatic carbocycles. The summed E-state index contributed by atoms with van der Waals surface area (Å²) in [4.78, 5) is 26.1. The summed E-state index contributed by atoms with van der Waals surface area (Å²) in [5, 5.41) is 17.4. The maximum atomic E-state index is 13.5. The van der Waals surface area contributed by atoms with Gasteiger partial charge in [-0.1, -0.05) is 0 Å². The number of anilines is 1. The van der Waals surface area contributed by atoms with Gasteiger partial charge < -0.3 is 15.9 Å². The molecule has 0 unspecified atom stereocenters. The second-order valence-electron chi connectivity index (χ2n) is 3.68. The van der Waals surface area contributed by atoms with Crippen LogP contribution in [0, 0.1) is 3.57 Å². The lowest BCUT2D eigenvalue weighted by molar-refractivity contribution is -0.0405. The smallest absolute Gasteiger partial charge is 0.356 e. The molecule has 10 heteroatoms. The van der Waals surface area contributed by atoms with Crippen molar-refractivity contribution in [2.45, 2.75) is 18.4 Å². The lowest BCUT2D eigenvalue weighted by Gasteiger charge is -2.18. The van der Waals surface area contributed by atoms with Crippen molar-refractivity contribution >= 4 is 34.3 Å². The molecule has 106 valence electrons. The molecule has 7 nitrogen and oxygen atoms in total. The molecule has 1 heterocycles. The molecule has 0 amide bonds. The molecule has 0 spiro atoms. The average molecular weight is 389 g/mol. The van der Waals surface area contributed by atoms with E-state index in [0.717, 1.165) is 6.20 Å². The van der Waals surface area contributed by atoms with Crippen molar-refractivity contribution in [1.29, 1.82) is 0 Å². The number of carbonyl (C=O) groups is 1. The molecule has 1 aromatic heterocycles. The number of nitrogens with two attached hydrogens (primary N) is 1. The minimum Gasteiger partial charge on any atom is -0.394 e. The van der Waals surface area contributed by atoms with Gasteiger partial charge in [-0.25, -0.2) is 9.36 Å². The van der Waals surface area contributed by atoms with Crippen molar-refractivity contribution in [3.63, 3.8) is 0 Å². The van der Waals surface area contributed by atoms with Crippen LogP contribution in [0.3, 0.4) is 0 Å². The third kappa shape index (κ3) is 3.67. The summed E-state index contributed by atoms with van der Waals surface area (Å²) in [7, 11) is 0.